The van der Waals surface area contributed by atoms with Gasteiger partial charge in [0.25, 0.3) is 0 Å². The van der Waals surface area contributed by atoms with Crippen LogP contribution in [0.5, 0.6) is 5.75 Å². The van der Waals surface area contributed by atoms with Crippen LogP contribution < -0.4 is 10.5 Å². The molecule has 100 valence electrons. The number of hydrogen-bond acceptors (Lipinski definition) is 2. The molecule has 0 spiro atoms. The van der Waals surface area contributed by atoms with Crippen molar-refractivity contribution in [1.82, 2.24) is 0 Å². The third kappa shape index (κ3) is 4.71. The van der Waals surface area contributed by atoms with Crippen molar-refractivity contribution in [3.05, 3.63) is 41.4 Å². The van der Waals surface area contributed by atoms with E-state index in [0.29, 0.717) is 5.02 Å². The second-order valence-corrected chi connectivity index (χ2v) is 4.86. The molecule has 0 saturated carbocycles. The molecule has 0 radical (unpaired) electrons. The Hall–Kier alpha value is -0.990. The van der Waals surface area contributed by atoms with E-state index in [-0.39, 0.29) is 6.04 Å². The van der Waals surface area contributed by atoms with Gasteiger partial charge in [0.1, 0.15) is 5.75 Å². The summed E-state index contributed by atoms with van der Waals surface area (Å²) in [5, 5.41) is 0.702. The van der Waals surface area contributed by atoms with Crippen LogP contribution in [-0.2, 0) is 0 Å². The van der Waals surface area contributed by atoms with Gasteiger partial charge in [-0.05, 0) is 37.5 Å². The monoisotopic (exact) mass is 267 g/mol. The first-order chi connectivity index (χ1) is 8.69. The van der Waals surface area contributed by atoms with Crippen molar-refractivity contribution in [2.24, 2.45) is 5.73 Å². The highest BCUT2D eigenvalue weighted by Crippen LogP contribution is 2.29. The fourth-order valence-corrected chi connectivity index (χ4v) is 2.16. The second-order valence-electron chi connectivity index (χ2n) is 4.42. The van der Waals surface area contributed by atoms with Gasteiger partial charge in [0.2, 0.25) is 0 Å². The van der Waals surface area contributed by atoms with Gasteiger partial charge in [0.15, 0.2) is 0 Å². The van der Waals surface area contributed by atoms with E-state index in [1.165, 1.54) is 12.8 Å². The van der Waals surface area contributed by atoms with Gasteiger partial charge in [-0.15, -0.1) is 6.58 Å². The first kappa shape index (κ1) is 15.1. The van der Waals surface area contributed by atoms with Crippen molar-refractivity contribution in [2.45, 2.75) is 38.1 Å². The van der Waals surface area contributed by atoms with Gasteiger partial charge in [0, 0.05) is 16.6 Å². The molecule has 1 rings (SSSR count). The van der Waals surface area contributed by atoms with E-state index in [9.17, 15) is 0 Å². The van der Waals surface area contributed by atoms with Gasteiger partial charge < -0.3 is 10.5 Å². The Bertz CT molecular complexity index is 379. The van der Waals surface area contributed by atoms with Crippen molar-refractivity contribution < 1.29 is 4.74 Å². The molecule has 18 heavy (non-hydrogen) atoms. The van der Waals surface area contributed by atoms with Gasteiger partial charge >= 0.3 is 0 Å². The minimum atomic E-state index is -0.0117. The number of methoxy groups -OCH3 is 1. The third-order valence-corrected chi connectivity index (χ3v) is 3.25. The zero-order chi connectivity index (χ0) is 13.4. The van der Waals surface area contributed by atoms with E-state index in [0.717, 1.165) is 30.6 Å². The number of allylic oxidation sites excluding steroid dienone is 1. The fourth-order valence-electron chi connectivity index (χ4n) is 1.98. The van der Waals surface area contributed by atoms with Crippen LogP contribution in [0.1, 0.15) is 43.7 Å². The maximum absolute atomic E-state index is 6.20. The van der Waals surface area contributed by atoms with Crippen LogP contribution in [0.25, 0.3) is 0 Å². The van der Waals surface area contributed by atoms with E-state index in [2.05, 4.69) is 6.58 Å². The van der Waals surface area contributed by atoms with E-state index in [4.69, 9.17) is 22.1 Å². The first-order valence-corrected chi connectivity index (χ1v) is 6.76. The summed E-state index contributed by atoms with van der Waals surface area (Å²) in [6.07, 6.45) is 7.47. The second kappa shape index (κ2) is 8.17. The topological polar surface area (TPSA) is 35.2 Å². The summed E-state index contributed by atoms with van der Waals surface area (Å²) in [7, 11) is 1.66. The van der Waals surface area contributed by atoms with Crippen LogP contribution in [0.4, 0.5) is 0 Å². The number of benzene rings is 1. The Labute approximate surface area is 115 Å². The Morgan fingerprint density at radius 2 is 2.17 bits per heavy atom. The summed E-state index contributed by atoms with van der Waals surface area (Å²) >= 11 is 6.00. The molecule has 0 aromatic heterocycles. The zero-order valence-corrected chi connectivity index (χ0v) is 11.7. The molecule has 1 aromatic carbocycles. The molecular weight excluding hydrogens is 246 g/mol. The normalized spacial score (nSPS) is 12.2. The largest absolute Gasteiger partial charge is 0.496 e. The molecule has 0 aliphatic rings. The van der Waals surface area contributed by atoms with Crippen LogP contribution >= 0.6 is 11.6 Å². The lowest BCUT2D eigenvalue weighted by Gasteiger charge is -2.16. The summed E-state index contributed by atoms with van der Waals surface area (Å²) in [5.74, 6) is 0.818. The van der Waals surface area contributed by atoms with Crippen molar-refractivity contribution in [1.29, 1.82) is 0 Å². The molecule has 1 aromatic rings. The number of halogens is 1. The summed E-state index contributed by atoms with van der Waals surface area (Å²) < 4.78 is 5.31. The fraction of sp³-hybridized carbons (Fsp3) is 0.467. The van der Waals surface area contributed by atoms with Crippen molar-refractivity contribution >= 4 is 11.6 Å². The molecular formula is C15H22ClNO. The predicted octanol–water partition coefficient (Wildman–Crippen LogP) is 4.48. The molecule has 0 fully saturated rings. The third-order valence-electron chi connectivity index (χ3n) is 3.01. The molecule has 0 heterocycles. The predicted molar refractivity (Wildman–Crippen MR) is 78.2 cm³/mol. The number of unbranched alkanes of at least 4 members (excludes halogenated alkanes) is 3. The minimum absolute atomic E-state index is 0.0117. The lowest BCUT2D eigenvalue weighted by molar-refractivity contribution is 0.403. The van der Waals surface area contributed by atoms with E-state index in [1.54, 1.807) is 7.11 Å². The summed E-state index contributed by atoms with van der Waals surface area (Å²) in [6, 6.07) is 5.58. The standard InChI is InChI=1S/C15H22ClNO/c1-3-4-5-6-7-8-14(17)13-11-12(16)9-10-15(13)18-2/h3,9-11,14H,1,4-8,17H2,2H3. The maximum atomic E-state index is 6.20. The van der Waals surface area contributed by atoms with Gasteiger partial charge in [-0.1, -0.05) is 30.5 Å². The van der Waals surface area contributed by atoms with Crippen LogP contribution in [0.2, 0.25) is 5.02 Å². The average Bonchev–Trinajstić information content (AvgIpc) is 2.38. The van der Waals surface area contributed by atoms with Crippen molar-refractivity contribution in [3.63, 3.8) is 0 Å². The Kier molecular flexibility index (Phi) is 6.84. The van der Waals surface area contributed by atoms with E-state index in [1.807, 2.05) is 24.3 Å². The molecule has 0 aliphatic carbocycles. The maximum Gasteiger partial charge on any atom is 0.123 e. The van der Waals surface area contributed by atoms with Crippen LogP contribution in [0.3, 0.4) is 0 Å². The van der Waals surface area contributed by atoms with Gasteiger partial charge in [0.05, 0.1) is 7.11 Å². The van der Waals surface area contributed by atoms with Crippen LogP contribution in [-0.4, -0.2) is 7.11 Å². The number of nitrogens with two attached hydrogens (primary N) is 1. The zero-order valence-electron chi connectivity index (χ0n) is 11.0. The first-order valence-electron chi connectivity index (χ1n) is 6.39. The van der Waals surface area contributed by atoms with Crippen LogP contribution in [0.15, 0.2) is 30.9 Å². The number of rotatable bonds is 8. The van der Waals surface area contributed by atoms with Gasteiger partial charge in [-0.2, -0.15) is 0 Å². The van der Waals surface area contributed by atoms with Crippen LogP contribution in [0, 0.1) is 0 Å². The molecule has 0 bridgehead atoms. The molecule has 0 amide bonds. The summed E-state index contributed by atoms with van der Waals surface area (Å²) in [4.78, 5) is 0. The lowest BCUT2D eigenvalue weighted by atomic mass is 10.00. The summed E-state index contributed by atoms with van der Waals surface area (Å²) in [6.45, 7) is 3.72. The number of ether oxygens (including phenoxy) is 1. The smallest absolute Gasteiger partial charge is 0.123 e. The summed E-state index contributed by atoms with van der Waals surface area (Å²) in [5.41, 5.74) is 7.19. The molecule has 0 aliphatic heterocycles. The Balaban J connectivity index is 2.52. The highest BCUT2D eigenvalue weighted by molar-refractivity contribution is 6.30. The number of hydrogen-bond donors (Lipinski definition) is 1. The molecule has 0 saturated heterocycles. The van der Waals surface area contributed by atoms with E-state index >= 15 is 0 Å². The average molecular weight is 268 g/mol. The molecule has 2 nitrogen and oxygen atoms in total. The van der Waals surface area contributed by atoms with Gasteiger partial charge in [-0.3, -0.25) is 0 Å². The van der Waals surface area contributed by atoms with Gasteiger partial charge in [-0.25, -0.2) is 0 Å². The Morgan fingerprint density at radius 1 is 1.39 bits per heavy atom. The lowest BCUT2D eigenvalue weighted by Crippen LogP contribution is -2.11. The molecule has 1 unspecified atom stereocenters. The SMILES string of the molecule is C=CCCCCCC(N)c1cc(Cl)ccc1OC. The highest BCUT2D eigenvalue weighted by atomic mass is 35.5. The minimum Gasteiger partial charge on any atom is -0.496 e. The van der Waals surface area contributed by atoms with Crippen molar-refractivity contribution in [3.8, 4) is 5.75 Å². The van der Waals surface area contributed by atoms with Crippen molar-refractivity contribution in [2.75, 3.05) is 7.11 Å². The van der Waals surface area contributed by atoms with E-state index < -0.39 is 0 Å². The Morgan fingerprint density at radius 3 is 2.83 bits per heavy atom. The highest BCUT2D eigenvalue weighted by Gasteiger charge is 2.12. The molecule has 2 N–H and O–H groups in total. The molecule has 1 atom stereocenters. The quantitative estimate of drug-likeness (QED) is 0.557. The molecule has 3 heteroatoms.